The lowest BCUT2D eigenvalue weighted by Crippen LogP contribution is -2.38. The molecule has 1 aromatic rings. The van der Waals surface area contributed by atoms with E-state index in [1.165, 1.54) is 12.1 Å². The molecular formula is C16H23N3O4. The summed E-state index contributed by atoms with van der Waals surface area (Å²) >= 11 is 0. The van der Waals surface area contributed by atoms with Crippen LogP contribution in [0.2, 0.25) is 0 Å². The first kappa shape index (κ1) is 17.4. The number of non-ortho nitro benzene ring substituents is 1. The molecule has 1 aliphatic heterocycles. The Hall–Kier alpha value is -1.99. The number of hydrogen-bond acceptors (Lipinski definition) is 5. The predicted octanol–water partition coefficient (Wildman–Crippen LogP) is 1.94. The van der Waals surface area contributed by atoms with Gasteiger partial charge in [-0.3, -0.25) is 14.9 Å². The molecule has 1 saturated heterocycles. The van der Waals surface area contributed by atoms with Gasteiger partial charge in [-0.25, -0.2) is 0 Å². The number of piperidine rings is 1. The van der Waals surface area contributed by atoms with Gasteiger partial charge in [0.25, 0.3) is 5.69 Å². The van der Waals surface area contributed by atoms with Crippen molar-refractivity contribution in [3.63, 3.8) is 0 Å². The van der Waals surface area contributed by atoms with Crippen molar-refractivity contribution in [3.8, 4) is 0 Å². The van der Waals surface area contributed by atoms with Crippen LogP contribution in [0.4, 0.5) is 11.4 Å². The number of nitro benzene ring substituents is 1. The second-order valence-electron chi connectivity index (χ2n) is 6.05. The summed E-state index contributed by atoms with van der Waals surface area (Å²) in [4.78, 5) is 24.6. The van der Waals surface area contributed by atoms with Crippen molar-refractivity contribution in [2.24, 2.45) is 5.92 Å². The van der Waals surface area contributed by atoms with Gasteiger partial charge in [-0.15, -0.1) is 0 Å². The Morgan fingerprint density at radius 1 is 1.52 bits per heavy atom. The summed E-state index contributed by atoms with van der Waals surface area (Å²) in [7, 11) is 0. The number of aryl methyl sites for hydroxylation is 1. The van der Waals surface area contributed by atoms with Crippen molar-refractivity contribution < 1.29 is 14.8 Å². The number of rotatable bonds is 6. The van der Waals surface area contributed by atoms with Crippen LogP contribution in [0.5, 0.6) is 0 Å². The quantitative estimate of drug-likeness (QED) is 0.616. The molecule has 2 rings (SSSR count). The molecular weight excluding hydrogens is 298 g/mol. The van der Waals surface area contributed by atoms with Gasteiger partial charge in [0.05, 0.1) is 10.6 Å². The maximum Gasteiger partial charge on any atom is 0.271 e. The fourth-order valence-corrected chi connectivity index (χ4v) is 2.83. The molecule has 0 spiro atoms. The molecule has 2 N–H and O–H groups in total. The Kier molecular flexibility index (Phi) is 6.06. The highest BCUT2D eigenvalue weighted by molar-refractivity contribution is 5.92. The first-order valence-corrected chi connectivity index (χ1v) is 7.87. The van der Waals surface area contributed by atoms with E-state index in [4.69, 9.17) is 0 Å². The number of anilines is 1. The fraction of sp³-hybridized carbons (Fsp3) is 0.562. The molecule has 7 heteroatoms. The number of aliphatic hydroxyl groups excluding tert-OH is 1. The molecule has 0 radical (unpaired) electrons. The van der Waals surface area contributed by atoms with Gasteiger partial charge in [-0.05, 0) is 37.8 Å². The van der Waals surface area contributed by atoms with Gasteiger partial charge in [0.2, 0.25) is 5.91 Å². The average molecular weight is 321 g/mol. The summed E-state index contributed by atoms with van der Waals surface area (Å²) in [5.74, 6) is 0.144. The topological polar surface area (TPSA) is 95.7 Å². The van der Waals surface area contributed by atoms with Crippen molar-refractivity contribution in [3.05, 3.63) is 33.9 Å². The zero-order chi connectivity index (χ0) is 16.8. The molecule has 0 aliphatic carbocycles. The maximum absolute atomic E-state index is 12.1. The molecule has 1 unspecified atom stereocenters. The van der Waals surface area contributed by atoms with E-state index in [1.54, 1.807) is 13.0 Å². The summed E-state index contributed by atoms with van der Waals surface area (Å²) in [6, 6.07) is 4.44. The molecule has 1 aromatic carbocycles. The van der Waals surface area contributed by atoms with Crippen LogP contribution >= 0.6 is 0 Å². The van der Waals surface area contributed by atoms with Gasteiger partial charge in [0.15, 0.2) is 0 Å². The number of hydrogen-bond donors (Lipinski definition) is 2. The summed E-state index contributed by atoms with van der Waals surface area (Å²) in [6.07, 6.45) is 2.41. The highest BCUT2D eigenvalue weighted by Crippen LogP contribution is 2.22. The zero-order valence-electron chi connectivity index (χ0n) is 13.3. The van der Waals surface area contributed by atoms with Gasteiger partial charge in [-0.2, -0.15) is 0 Å². The molecule has 1 atom stereocenters. The SMILES string of the molecule is Cc1ccc([N+](=O)[O-])cc1NC(=O)CCN1CCCC(CO)C1. The number of aliphatic hydroxyl groups is 1. The van der Waals surface area contributed by atoms with E-state index in [-0.39, 0.29) is 18.2 Å². The molecule has 1 fully saturated rings. The number of benzene rings is 1. The highest BCUT2D eigenvalue weighted by atomic mass is 16.6. The first-order valence-electron chi connectivity index (χ1n) is 7.87. The predicted molar refractivity (Wildman–Crippen MR) is 87.3 cm³/mol. The minimum atomic E-state index is -0.474. The van der Waals surface area contributed by atoms with Crippen LogP contribution in [0.25, 0.3) is 0 Å². The third kappa shape index (κ3) is 5.01. The van der Waals surface area contributed by atoms with E-state index < -0.39 is 4.92 Å². The standard InChI is InChI=1S/C16H23N3O4/c1-12-4-5-14(19(22)23)9-15(12)17-16(21)6-8-18-7-2-3-13(10-18)11-20/h4-5,9,13,20H,2-3,6-8,10-11H2,1H3,(H,17,21). The lowest BCUT2D eigenvalue weighted by molar-refractivity contribution is -0.384. The van der Waals surface area contributed by atoms with Crippen molar-refractivity contribution >= 4 is 17.3 Å². The Balaban J connectivity index is 1.87. The van der Waals surface area contributed by atoms with Gasteiger partial charge < -0.3 is 15.3 Å². The maximum atomic E-state index is 12.1. The molecule has 1 aliphatic rings. The van der Waals surface area contributed by atoms with Crippen LogP contribution < -0.4 is 5.32 Å². The largest absolute Gasteiger partial charge is 0.396 e. The van der Waals surface area contributed by atoms with E-state index in [9.17, 15) is 20.0 Å². The third-order valence-electron chi connectivity index (χ3n) is 4.22. The molecule has 23 heavy (non-hydrogen) atoms. The molecule has 0 saturated carbocycles. The number of amides is 1. The van der Waals surface area contributed by atoms with Gasteiger partial charge >= 0.3 is 0 Å². The second kappa shape index (κ2) is 8.03. The van der Waals surface area contributed by atoms with Crippen molar-refractivity contribution in [1.29, 1.82) is 0 Å². The molecule has 1 amide bonds. The summed E-state index contributed by atoms with van der Waals surface area (Å²) in [5.41, 5.74) is 1.24. The van der Waals surface area contributed by atoms with Crippen LogP contribution in [0.1, 0.15) is 24.8 Å². The number of nitrogens with zero attached hydrogens (tertiary/aromatic N) is 2. The van der Waals surface area contributed by atoms with E-state index in [0.717, 1.165) is 31.5 Å². The van der Waals surface area contributed by atoms with Crippen molar-refractivity contribution in [2.45, 2.75) is 26.2 Å². The molecule has 0 aromatic heterocycles. The lowest BCUT2D eigenvalue weighted by Gasteiger charge is -2.31. The Bertz CT molecular complexity index is 576. The highest BCUT2D eigenvalue weighted by Gasteiger charge is 2.19. The van der Waals surface area contributed by atoms with Crippen molar-refractivity contribution in [2.75, 3.05) is 31.6 Å². The Morgan fingerprint density at radius 3 is 3.00 bits per heavy atom. The number of nitro groups is 1. The third-order valence-corrected chi connectivity index (χ3v) is 4.22. The number of carbonyl (C=O) groups is 1. The molecule has 1 heterocycles. The number of likely N-dealkylation sites (tertiary alicyclic amines) is 1. The van der Waals surface area contributed by atoms with E-state index >= 15 is 0 Å². The normalized spacial score (nSPS) is 18.6. The van der Waals surface area contributed by atoms with Gasteiger partial charge in [-0.1, -0.05) is 6.07 Å². The van der Waals surface area contributed by atoms with Crippen LogP contribution in [0.15, 0.2) is 18.2 Å². The van der Waals surface area contributed by atoms with Crippen LogP contribution in [0.3, 0.4) is 0 Å². The van der Waals surface area contributed by atoms with E-state index in [0.29, 0.717) is 24.6 Å². The van der Waals surface area contributed by atoms with Crippen LogP contribution in [-0.4, -0.2) is 47.1 Å². The zero-order valence-corrected chi connectivity index (χ0v) is 13.3. The summed E-state index contributed by atoms with van der Waals surface area (Å²) in [6.45, 7) is 4.39. The number of nitrogens with one attached hydrogen (secondary N) is 1. The minimum absolute atomic E-state index is 0.0345. The molecule has 7 nitrogen and oxygen atoms in total. The number of carbonyl (C=O) groups excluding carboxylic acids is 1. The second-order valence-corrected chi connectivity index (χ2v) is 6.05. The first-order chi connectivity index (χ1) is 11.0. The monoisotopic (exact) mass is 321 g/mol. The Morgan fingerprint density at radius 2 is 2.30 bits per heavy atom. The fourth-order valence-electron chi connectivity index (χ4n) is 2.83. The summed E-state index contributed by atoms with van der Waals surface area (Å²) < 4.78 is 0. The van der Waals surface area contributed by atoms with Gasteiger partial charge in [0, 0.05) is 38.2 Å². The Labute approximate surface area is 135 Å². The van der Waals surface area contributed by atoms with Crippen molar-refractivity contribution in [1.82, 2.24) is 4.90 Å². The smallest absolute Gasteiger partial charge is 0.271 e. The van der Waals surface area contributed by atoms with E-state index in [2.05, 4.69) is 10.2 Å². The van der Waals surface area contributed by atoms with E-state index in [1.807, 2.05) is 0 Å². The van der Waals surface area contributed by atoms with Crippen LogP contribution in [0, 0.1) is 23.0 Å². The lowest BCUT2D eigenvalue weighted by atomic mass is 9.99. The van der Waals surface area contributed by atoms with Crippen LogP contribution in [-0.2, 0) is 4.79 Å². The minimum Gasteiger partial charge on any atom is -0.396 e. The van der Waals surface area contributed by atoms with Gasteiger partial charge in [0.1, 0.15) is 0 Å². The molecule has 126 valence electrons. The molecule has 0 bridgehead atoms. The summed E-state index contributed by atoms with van der Waals surface area (Å²) in [5, 5.41) is 22.8. The average Bonchev–Trinajstić information content (AvgIpc) is 2.55.